The second kappa shape index (κ2) is 7.04. The van der Waals surface area contributed by atoms with Crippen molar-refractivity contribution in [3.63, 3.8) is 0 Å². The maximum atomic E-state index is 12.3. The molecule has 4 heteroatoms. The lowest BCUT2D eigenvalue weighted by Crippen LogP contribution is -2.45. The first kappa shape index (κ1) is 14.5. The number of rotatable bonds is 3. The van der Waals surface area contributed by atoms with Gasteiger partial charge in [0.25, 0.3) is 0 Å². The molecule has 0 aromatic carbocycles. The molecule has 4 nitrogen and oxygen atoms in total. The molecule has 0 N–H and O–H groups in total. The molecule has 19 heavy (non-hydrogen) atoms. The van der Waals surface area contributed by atoms with Gasteiger partial charge in [0.1, 0.15) is 5.78 Å². The van der Waals surface area contributed by atoms with Crippen LogP contribution in [0.4, 0.5) is 0 Å². The quantitative estimate of drug-likeness (QED) is 0.780. The van der Waals surface area contributed by atoms with Crippen LogP contribution in [-0.4, -0.2) is 54.2 Å². The van der Waals surface area contributed by atoms with Crippen LogP contribution in [0.2, 0.25) is 0 Å². The average Bonchev–Trinajstić information content (AvgIpc) is 2.68. The summed E-state index contributed by atoms with van der Waals surface area (Å²) in [6, 6.07) is 0. The largest absolute Gasteiger partial charge is 0.342 e. The molecule has 0 aliphatic carbocycles. The fourth-order valence-corrected chi connectivity index (χ4v) is 3.14. The van der Waals surface area contributed by atoms with Gasteiger partial charge in [-0.15, -0.1) is 0 Å². The van der Waals surface area contributed by atoms with Crippen molar-refractivity contribution in [1.82, 2.24) is 9.80 Å². The van der Waals surface area contributed by atoms with Gasteiger partial charge in [-0.1, -0.05) is 12.8 Å². The van der Waals surface area contributed by atoms with Crippen LogP contribution in [-0.2, 0) is 9.59 Å². The Bertz CT molecular complexity index is 322. The Labute approximate surface area is 116 Å². The summed E-state index contributed by atoms with van der Waals surface area (Å²) in [5.74, 6) is 0.670. The van der Waals surface area contributed by atoms with Crippen molar-refractivity contribution < 1.29 is 9.59 Å². The molecule has 2 fully saturated rings. The fourth-order valence-electron chi connectivity index (χ4n) is 3.14. The molecule has 108 valence electrons. The summed E-state index contributed by atoms with van der Waals surface area (Å²) < 4.78 is 0. The van der Waals surface area contributed by atoms with Crippen molar-refractivity contribution in [2.24, 2.45) is 5.92 Å². The maximum absolute atomic E-state index is 12.3. The normalized spacial score (nSPS) is 25.9. The predicted octanol–water partition coefficient (Wildman–Crippen LogP) is 1.69. The van der Waals surface area contributed by atoms with Gasteiger partial charge in [-0.25, -0.2) is 0 Å². The first-order valence-corrected chi connectivity index (χ1v) is 7.67. The Morgan fingerprint density at radius 3 is 2.32 bits per heavy atom. The van der Waals surface area contributed by atoms with E-state index in [1.807, 2.05) is 4.90 Å². The molecule has 0 radical (unpaired) electrons. The minimum atomic E-state index is 0.144. The first-order chi connectivity index (χ1) is 9.16. The monoisotopic (exact) mass is 266 g/mol. The molecule has 0 aromatic rings. The first-order valence-electron chi connectivity index (χ1n) is 7.67. The number of carbonyl (C=O) groups excluding carboxylic acids is 2. The smallest absolute Gasteiger partial charge is 0.236 e. The van der Waals surface area contributed by atoms with E-state index in [9.17, 15) is 9.59 Å². The number of amides is 1. The lowest BCUT2D eigenvalue weighted by atomic mass is 9.94. The summed E-state index contributed by atoms with van der Waals surface area (Å²) in [7, 11) is 0. The van der Waals surface area contributed by atoms with Gasteiger partial charge in [0.2, 0.25) is 5.91 Å². The number of piperidine rings is 1. The Hall–Kier alpha value is -0.900. The summed E-state index contributed by atoms with van der Waals surface area (Å²) in [5, 5.41) is 0. The number of hydrogen-bond donors (Lipinski definition) is 0. The van der Waals surface area contributed by atoms with Gasteiger partial charge in [0.15, 0.2) is 0 Å². The second-order valence-electron chi connectivity index (χ2n) is 5.98. The van der Waals surface area contributed by atoms with Crippen LogP contribution in [0.25, 0.3) is 0 Å². The van der Waals surface area contributed by atoms with Crippen LogP contribution in [0.15, 0.2) is 0 Å². The third-order valence-electron chi connectivity index (χ3n) is 4.40. The van der Waals surface area contributed by atoms with E-state index in [1.165, 1.54) is 12.8 Å². The topological polar surface area (TPSA) is 40.6 Å². The molecule has 0 spiro atoms. The van der Waals surface area contributed by atoms with Crippen LogP contribution in [0.5, 0.6) is 0 Å². The van der Waals surface area contributed by atoms with Crippen molar-refractivity contribution >= 4 is 11.7 Å². The van der Waals surface area contributed by atoms with E-state index >= 15 is 0 Å². The maximum Gasteiger partial charge on any atom is 0.236 e. The Balaban J connectivity index is 1.82. The third kappa shape index (κ3) is 4.30. The Kier molecular flexibility index (Phi) is 5.37. The molecular formula is C15H26N2O2. The van der Waals surface area contributed by atoms with Crippen LogP contribution in [0, 0.1) is 5.92 Å². The Morgan fingerprint density at radius 1 is 1.00 bits per heavy atom. The summed E-state index contributed by atoms with van der Waals surface area (Å²) in [6.45, 7) is 5.75. The van der Waals surface area contributed by atoms with Gasteiger partial charge in [-0.05, 0) is 39.2 Å². The highest BCUT2D eigenvalue weighted by Gasteiger charge is 2.26. The van der Waals surface area contributed by atoms with Gasteiger partial charge in [-0.2, -0.15) is 0 Å². The van der Waals surface area contributed by atoms with E-state index < -0.39 is 0 Å². The van der Waals surface area contributed by atoms with Gasteiger partial charge < -0.3 is 4.90 Å². The molecule has 2 aliphatic rings. The molecule has 2 saturated heterocycles. The van der Waals surface area contributed by atoms with Crippen molar-refractivity contribution in [3.8, 4) is 0 Å². The lowest BCUT2D eigenvalue weighted by molar-refractivity contribution is -0.134. The molecule has 0 aromatic heterocycles. The molecule has 0 bridgehead atoms. The molecule has 1 unspecified atom stereocenters. The molecule has 2 rings (SSSR count). The summed E-state index contributed by atoms with van der Waals surface area (Å²) in [5.41, 5.74) is 0. The number of ketones is 1. The van der Waals surface area contributed by atoms with Crippen LogP contribution in [0.1, 0.15) is 45.4 Å². The van der Waals surface area contributed by atoms with Gasteiger partial charge in [0.05, 0.1) is 6.54 Å². The van der Waals surface area contributed by atoms with Gasteiger partial charge >= 0.3 is 0 Å². The van der Waals surface area contributed by atoms with Crippen LogP contribution < -0.4 is 0 Å². The highest BCUT2D eigenvalue weighted by Crippen LogP contribution is 2.17. The second-order valence-corrected chi connectivity index (χ2v) is 5.98. The van der Waals surface area contributed by atoms with Crippen molar-refractivity contribution in [2.75, 3.05) is 32.7 Å². The SMILES string of the molecule is CC(=O)C1CCCN(CC(=O)N2CCCCCC2)C1. The molecule has 2 heterocycles. The highest BCUT2D eigenvalue weighted by molar-refractivity contribution is 5.80. The Morgan fingerprint density at radius 2 is 1.68 bits per heavy atom. The van der Waals surface area contributed by atoms with E-state index in [0.29, 0.717) is 6.54 Å². The van der Waals surface area contributed by atoms with E-state index in [4.69, 9.17) is 0 Å². The van der Waals surface area contributed by atoms with Crippen LogP contribution >= 0.6 is 0 Å². The standard InChI is InChI=1S/C15H26N2O2/c1-13(18)14-7-6-8-16(11-14)12-15(19)17-9-4-2-3-5-10-17/h14H,2-12H2,1H3. The number of Topliss-reactive ketones (excluding diaryl/α,β-unsaturated/α-hetero) is 1. The van der Waals surface area contributed by atoms with Crippen molar-refractivity contribution in [1.29, 1.82) is 0 Å². The zero-order valence-electron chi connectivity index (χ0n) is 12.1. The minimum Gasteiger partial charge on any atom is -0.342 e. The van der Waals surface area contributed by atoms with Gasteiger partial charge in [0, 0.05) is 25.6 Å². The van der Waals surface area contributed by atoms with Crippen molar-refractivity contribution in [3.05, 3.63) is 0 Å². The lowest BCUT2D eigenvalue weighted by Gasteiger charge is -2.32. The summed E-state index contributed by atoms with van der Waals surface area (Å²) in [4.78, 5) is 27.9. The number of likely N-dealkylation sites (tertiary alicyclic amines) is 2. The van der Waals surface area contributed by atoms with Crippen molar-refractivity contribution in [2.45, 2.75) is 45.4 Å². The average molecular weight is 266 g/mol. The highest BCUT2D eigenvalue weighted by atomic mass is 16.2. The number of nitrogens with zero attached hydrogens (tertiary/aromatic N) is 2. The van der Waals surface area contributed by atoms with E-state index in [-0.39, 0.29) is 17.6 Å². The number of hydrogen-bond acceptors (Lipinski definition) is 3. The zero-order chi connectivity index (χ0) is 13.7. The predicted molar refractivity (Wildman–Crippen MR) is 74.9 cm³/mol. The molecule has 0 saturated carbocycles. The zero-order valence-corrected chi connectivity index (χ0v) is 12.1. The molecule has 2 aliphatic heterocycles. The molecule has 1 atom stereocenters. The molecule has 1 amide bonds. The van der Waals surface area contributed by atoms with Gasteiger partial charge in [-0.3, -0.25) is 14.5 Å². The minimum absolute atomic E-state index is 0.144. The van der Waals surface area contributed by atoms with Crippen LogP contribution in [0.3, 0.4) is 0 Å². The van der Waals surface area contributed by atoms with E-state index in [1.54, 1.807) is 6.92 Å². The number of carbonyl (C=O) groups is 2. The summed E-state index contributed by atoms with van der Waals surface area (Å²) in [6.07, 6.45) is 6.81. The third-order valence-corrected chi connectivity index (χ3v) is 4.40. The van der Waals surface area contributed by atoms with E-state index in [2.05, 4.69) is 4.90 Å². The fraction of sp³-hybridized carbons (Fsp3) is 0.867. The van der Waals surface area contributed by atoms with E-state index in [0.717, 1.165) is 51.9 Å². The summed E-state index contributed by atoms with van der Waals surface area (Å²) >= 11 is 0. The molecular weight excluding hydrogens is 240 g/mol.